The average Bonchev–Trinajstić information content (AvgIpc) is 2.93. The van der Waals surface area contributed by atoms with Crippen LogP contribution in [0.25, 0.3) is 0 Å². The summed E-state index contributed by atoms with van der Waals surface area (Å²) in [5, 5.41) is 0. The maximum absolute atomic E-state index is 13.5. The maximum atomic E-state index is 13.5. The summed E-state index contributed by atoms with van der Waals surface area (Å²) in [5.41, 5.74) is 1.24. The summed E-state index contributed by atoms with van der Waals surface area (Å²) < 4.78 is 13.5. The monoisotopic (exact) mass is 344 g/mol. The van der Waals surface area contributed by atoms with Crippen molar-refractivity contribution in [2.75, 3.05) is 26.2 Å². The largest absolute Gasteiger partial charge is 0.342 e. The van der Waals surface area contributed by atoms with Crippen molar-refractivity contribution in [1.29, 1.82) is 0 Å². The Balaban J connectivity index is 1.33. The summed E-state index contributed by atoms with van der Waals surface area (Å²) >= 11 is 0. The van der Waals surface area contributed by atoms with Gasteiger partial charge in [-0.3, -0.25) is 9.59 Å². The molecule has 1 aromatic carbocycles. The molecule has 1 spiro atoms. The number of carbonyl (C=O) groups excluding carboxylic acids is 2. The molecule has 0 bridgehead atoms. The summed E-state index contributed by atoms with van der Waals surface area (Å²) in [6.07, 6.45) is 5.31. The molecule has 2 aliphatic heterocycles. The first-order valence-electron chi connectivity index (χ1n) is 9.28. The van der Waals surface area contributed by atoms with Crippen molar-refractivity contribution < 1.29 is 14.0 Å². The van der Waals surface area contributed by atoms with Gasteiger partial charge in [0.1, 0.15) is 5.82 Å². The molecule has 0 N–H and O–H groups in total. The molecule has 2 saturated heterocycles. The van der Waals surface area contributed by atoms with Gasteiger partial charge in [0.2, 0.25) is 5.91 Å². The number of hydrogen-bond donors (Lipinski definition) is 0. The van der Waals surface area contributed by atoms with Crippen molar-refractivity contribution in [2.45, 2.75) is 39.0 Å². The highest BCUT2D eigenvalue weighted by Crippen LogP contribution is 2.41. The van der Waals surface area contributed by atoms with E-state index in [9.17, 15) is 14.0 Å². The number of benzene rings is 1. The van der Waals surface area contributed by atoms with Gasteiger partial charge in [0.25, 0.3) is 5.91 Å². The zero-order valence-corrected chi connectivity index (χ0v) is 14.8. The van der Waals surface area contributed by atoms with Gasteiger partial charge < -0.3 is 9.80 Å². The number of amides is 2. The van der Waals surface area contributed by atoms with Crippen LogP contribution in [0.1, 0.15) is 48.0 Å². The molecule has 3 fully saturated rings. The third kappa shape index (κ3) is 3.16. The van der Waals surface area contributed by atoms with E-state index in [0.717, 1.165) is 25.1 Å². The van der Waals surface area contributed by atoms with Gasteiger partial charge in [0.05, 0.1) is 0 Å². The molecule has 5 heteroatoms. The van der Waals surface area contributed by atoms with E-state index in [0.29, 0.717) is 31.0 Å². The molecule has 0 aromatic heterocycles. The molecule has 134 valence electrons. The Labute approximate surface area is 148 Å². The molecule has 0 atom stereocenters. The van der Waals surface area contributed by atoms with Crippen LogP contribution in [0.3, 0.4) is 0 Å². The summed E-state index contributed by atoms with van der Waals surface area (Å²) in [5.74, 6) is 0.409. The van der Waals surface area contributed by atoms with Crippen molar-refractivity contribution >= 4 is 11.8 Å². The number of hydrogen-bond acceptors (Lipinski definition) is 2. The first kappa shape index (κ1) is 16.6. The summed E-state index contributed by atoms with van der Waals surface area (Å²) in [4.78, 5) is 28.7. The van der Waals surface area contributed by atoms with Crippen LogP contribution in [0.2, 0.25) is 0 Å². The fourth-order valence-electron chi connectivity index (χ4n) is 4.43. The Kier molecular flexibility index (Phi) is 4.05. The van der Waals surface area contributed by atoms with Gasteiger partial charge in [0.15, 0.2) is 0 Å². The molecule has 4 rings (SSSR count). The fraction of sp³-hybridized carbons (Fsp3) is 0.600. The highest BCUT2D eigenvalue weighted by molar-refractivity contribution is 5.95. The minimum atomic E-state index is -0.368. The molecule has 2 heterocycles. The first-order chi connectivity index (χ1) is 11.9. The second-order valence-corrected chi connectivity index (χ2v) is 8.24. The standard InChI is InChI=1S/C20H25FN2O2/c1-14-7-16(10-17(21)8-14)19(25)23-12-20(13-23)5-6-22(11-20)18(24)9-15-3-2-4-15/h7-8,10,15H,2-6,9,11-13H2,1H3. The normalized spacial score (nSPS) is 22.0. The SMILES string of the molecule is Cc1cc(F)cc(C(=O)N2CC3(CCN(C(=O)CC4CCC4)C3)C2)c1. The number of carbonyl (C=O) groups is 2. The van der Waals surface area contributed by atoms with Crippen LogP contribution >= 0.6 is 0 Å². The Morgan fingerprint density at radius 2 is 1.88 bits per heavy atom. The van der Waals surface area contributed by atoms with E-state index in [4.69, 9.17) is 0 Å². The van der Waals surface area contributed by atoms with Crippen molar-refractivity contribution in [3.8, 4) is 0 Å². The molecule has 1 aromatic rings. The number of nitrogens with zero attached hydrogens (tertiary/aromatic N) is 2. The van der Waals surface area contributed by atoms with Crippen molar-refractivity contribution in [3.63, 3.8) is 0 Å². The number of aryl methyl sites for hydroxylation is 1. The molecule has 1 saturated carbocycles. The quantitative estimate of drug-likeness (QED) is 0.846. The highest BCUT2D eigenvalue weighted by atomic mass is 19.1. The van der Waals surface area contributed by atoms with Crippen LogP contribution < -0.4 is 0 Å². The van der Waals surface area contributed by atoms with E-state index in [1.807, 2.05) is 4.90 Å². The van der Waals surface area contributed by atoms with Crippen LogP contribution in [0.4, 0.5) is 4.39 Å². The van der Waals surface area contributed by atoms with Crippen LogP contribution in [-0.2, 0) is 4.79 Å². The smallest absolute Gasteiger partial charge is 0.254 e. The van der Waals surface area contributed by atoms with Crippen LogP contribution in [0.5, 0.6) is 0 Å². The zero-order valence-electron chi connectivity index (χ0n) is 14.8. The van der Waals surface area contributed by atoms with E-state index < -0.39 is 0 Å². The van der Waals surface area contributed by atoms with E-state index in [-0.39, 0.29) is 23.0 Å². The summed E-state index contributed by atoms with van der Waals surface area (Å²) in [6, 6.07) is 4.47. The van der Waals surface area contributed by atoms with Crippen LogP contribution in [-0.4, -0.2) is 47.8 Å². The van der Waals surface area contributed by atoms with Gasteiger partial charge in [-0.25, -0.2) is 4.39 Å². The van der Waals surface area contributed by atoms with Crippen LogP contribution in [0, 0.1) is 24.1 Å². The fourth-order valence-corrected chi connectivity index (χ4v) is 4.43. The Hall–Kier alpha value is -1.91. The summed E-state index contributed by atoms with van der Waals surface area (Å²) in [6.45, 7) is 4.72. The maximum Gasteiger partial charge on any atom is 0.254 e. The molecular formula is C20H25FN2O2. The zero-order chi connectivity index (χ0) is 17.6. The Morgan fingerprint density at radius 1 is 1.16 bits per heavy atom. The van der Waals surface area contributed by atoms with Crippen molar-refractivity contribution in [2.24, 2.45) is 11.3 Å². The molecule has 4 nitrogen and oxygen atoms in total. The third-order valence-corrected chi connectivity index (χ3v) is 6.11. The molecule has 3 aliphatic rings. The molecular weight excluding hydrogens is 319 g/mol. The molecule has 1 aliphatic carbocycles. The highest BCUT2D eigenvalue weighted by Gasteiger charge is 2.50. The lowest BCUT2D eigenvalue weighted by molar-refractivity contribution is -0.132. The Morgan fingerprint density at radius 3 is 2.52 bits per heavy atom. The lowest BCUT2D eigenvalue weighted by Crippen LogP contribution is -2.59. The summed E-state index contributed by atoms with van der Waals surface area (Å²) in [7, 11) is 0. The molecule has 0 unspecified atom stereocenters. The van der Waals surface area contributed by atoms with E-state index in [1.54, 1.807) is 17.9 Å². The lowest BCUT2D eigenvalue weighted by Gasteiger charge is -2.48. The first-order valence-corrected chi connectivity index (χ1v) is 9.28. The van der Waals surface area contributed by atoms with Crippen molar-refractivity contribution in [3.05, 3.63) is 35.1 Å². The average molecular weight is 344 g/mol. The van der Waals surface area contributed by atoms with E-state index >= 15 is 0 Å². The van der Waals surface area contributed by atoms with Crippen LogP contribution in [0.15, 0.2) is 18.2 Å². The predicted octanol–water partition coefficient (Wildman–Crippen LogP) is 3.00. The molecule has 25 heavy (non-hydrogen) atoms. The minimum absolute atomic E-state index is 0.0628. The van der Waals surface area contributed by atoms with Gasteiger partial charge in [-0.05, 0) is 55.9 Å². The molecule has 2 amide bonds. The Bertz CT molecular complexity index is 687. The second-order valence-electron chi connectivity index (χ2n) is 8.24. The topological polar surface area (TPSA) is 40.6 Å². The number of likely N-dealkylation sites (tertiary alicyclic amines) is 2. The van der Waals surface area contributed by atoms with E-state index in [1.165, 1.54) is 31.4 Å². The van der Waals surface area contributed by atoms with Gasteiger partial charge in [0, 0.05) is 43.6 Å². The van der Waals surface area contributed by atoms with Crippen molar-refractivity contribution in [1.82, 2.24) is 9.80 Å². The minimum Gasteiger partial charge on any atom is -0.342 e. The van der Waals surface area contributed by atoms with Gasteiger partial charge >= 0.3 is 0 Å². The number of halogens is 1. The predicted molar refractivity (Wildman–Crippen MR) is 92.6 cm³/mol. The lowest BCUT2D eigenvalue weighted by atomic mass is 9.78. The van der Waals surface area contributed by atoms with Gasteiger partial charge in [-0.15, -0.1) is 0 Å². The second kappa shape index (κ2) is 6.11. The van der Waals surface area contributed by atoms with Gasteiger partial charge in [-0.2, -0.15) is 0 Å². The van der Waals surface area contributed by atoms with E-state index in [2.05, 4.69) is 0 Å². The number of rotatable bonds is 3. The third-order valence-electron chi connectivity index (χ3n) is 6.11. The molecule has 0 radical (unpaired) electrons. The van der Waals surface area contributed by atoms with Gasteiger partial charge in [-0.1, -0.05) is 6.42 Å².